The Balaban J connectivity index is 1.70. The Morgan fingerprint density at radius 1 is 0.923 bits per heavy atom. The summed E-state index contributed by atoms with van der Waals surface area (Å²) in [4.78, 5) is 12.2. The number of hydrazone groups is 1. The number of ether oxygens (including phenoxy) is 2. The lowest BCUT2D eigenvalue weighted by molar-refractivity contribution is 0.0729. The predicted octanol–water partition coefficient (Wildman–Crippen LogP) is 4.36. The van der Waals surface area contributed by atoms with Crippen molar-refractivity contribution in [1.29, 1.82) is 0 Å². The molecule has 3 aromatic carbocycles. The largest absolute Gasteiger partial charge is 0.493 e. The van der Waals surface area contributed by atoms with Gasteiger partial charge in [-0.3, -0.25) is 5.43 Å². The Bertz CT molecular complexity index is 894. The number of nitrogens with one attached hydrogen (secondary N) is 1. The molecule has 0 unspecified atom stereocenters. The monoisotopic (exact) mass is 346 g/mol. The smallest absolute Gasteiger partial charge is 0.343 e. The van der Waals surface area contributed by atoms with Crippen molar-refractivity contribution in [2.75, 3.05) is 12.5 Å². The maximum Gasteiger partial charge on any atom is 0.343 e. The number of methoxy groups -OCH3 is 1. The molecule has 0 amide bonds. The molecule has 0 saturated heterocycles. The van der Waals surface area contributed by atoms with Gasteiger partial charge < -0.3 is 9.47 Å². The fraction of sp³-hybridized carbons (Fsp3) is 0.0476. The average molecular weight is 346 g/mol. The van der Waals surface area contributed by atoms with Gasteiger partial charge in [-0.15, -0.1) is 0 Å². The summed E-state index contributed by atoms with van der Waals surface area (Å²) in [5.74, 6) is 0.378. The van der Waals surface area contributed by atoms with E-state index in [1.807, 2.05) is 36.4 Å². The highest BCUT2D eigenvalue weighted by Crippen LogP contribution is 2.28. The summed E-state index contributed by atoms with van der Waals surface area (Å²) in [6.45, 7) is 0. The Kier molecular flexibility index (Phi) is 5.62. The second-order valence-electron chi connectivity index (χ2n) is 5.40. The zero-order chi connectivity index (χ0) is 18.2. The molecule has 5 heteroatoms. The Labute approximate surface area is 151 Å². The molecule has 0 aliphatic heterocycles. The van der Waals surface area contributed by atoms with Gasteiger partial charge in [-0.2, -0.15) is 5.10 Å². The SMILES string of the molecule is COc1cc(/C=N/Nc2ccccc2)ccc1OC(=O)c1ccccc1. The molecule has 0 aromatic heterocycles. The molecule has 0 bridgehead atoms. The highest BCUT2D eigenvalue weighted by molar-refractivity contribution is 5.91. The van der Waals surface area contributed by atoms with E-state index in [2.05, 4.69) is 10.5 Å². The van der Waals surface area contributed by atoms with E-state index in [1.54, 1.807) is 48.7 Å². The number of anilines is 1. The average Bonchev–Trinajstić information content (AvgIpc) is 2.70. The predicted molar refractivity (Wildman–Crippen MR) is 102 cm³/mol. The lowest BCUT2D eigenvalue weighted by Gasteiger charge is -2.10. The fourth-order valence-corrected chi connectivity index (χ4v) is 2.28. The number of nitrogens with zero attached hydrogens (tertiary/aromatic N) is 1. The molecule has 0 atom stereocenters. The molecule has 0 aliphatic carbocycles. The molecule has 0 heterocycles. The molecular weight excluding hydrogens is 328 g/mol. The van der Waals surface area contributed by atoms with E-state index in [9.17, 15) is 4.79 Å². The molecule has 0 saturated carbocycles. The minimum Gasteiger partial charge on any atom is -0.493 e. The van der Waals surface area contributed by atoms with Crippen molar-refractivity contribution in [2.24, 2.45) is 5.10 Å². The van der Waals surface area contributed by atoms with Gasteiger partial charge in [0.15, 0.2) is 11.5 Å². The first kappa shape index (κ1) is 17.2. The van der Waals surface area contributed by atoms with E-state index in [4.69, 9.17) is 9.47 Å². The van der Waals surface area contributed by atoms with Gasteiger partial charge in [0, 0.05) is 0 Å². The molecule has 130 valence electrons. The summed E-state index contributed by atoms with van der Waals surface area (Å²) >= 11 is 0. The van der Waals surface area contributed by atoms with Crippen molar-refractivity contribution in [2.45, 2.75) is 0 Å². The van der Waals surface area contributed by atoms with Gasteiger partial charge in [0.25, 0.3) is 0 Å². The minimum atomic E-state index is -0.434. The summed E-state index contributed by atoms with van der Waals surface area (Å²) in [6.07, 6.45) is 1.66. The van der Waals surface area contributed by atoms with Crippen LogP contribution in [0.1, 0.15) is 15.9 Å². The lowest BCUT2D eigenvalue weighted by Crippen LogP contribution is -2.09. The number of hydrogen-bond acceptors (Lipinski definition) is 5. The summed E-state index contributed by atoms with van der Waals surface area (Å²) in [5.41, 5.74) is 5.12. The van der Waals surface area contributed by atoms with Crippen molar-refractivity contribution >= 4 is 17.9 Å². The van der Waals surface area contributed by atoms with Gasteiger partial charge in [-0.05, 0) is 48.0 Å². The van der Waals surface area contributed by atoms with Crippen LogP contribution in [0.4, 0.5) is 5.69 Å². The van der Waals surface area contributed by atoms with Gasteiger partial charge >= 0.3 is 5.97 Å². The van der Waals surface area contributed by atoms with Crippen LogP contribution in [-0.2, 0) is 0 Å². The third kappa shape index (κ3) is 4.48. The van der Waals surface area contributed by atoms with Crippen molar-refractivity contribution in [3.05, 3.63) is 90.0 Å². The van der Waals surface area contributed by atoms with Crippen LogP contribution in [0.3, 0.4) is 0 Å². The molecule has 0 aliphatic rings. The summed E-state index contributed by atoms with van der Waals surface area (Å²) in [7, 11) is 1.53. The molecule has 0 spiro atoms. The van der Waals surface area contributed by atoms with Crippen LogP contribution in [0, 0.1) is 0 Å². The quantitative estimate of drug-likeness (QED) is 0.312. The standard InChI is InChI=1S/C21H18N2O3/c1-25-20-14-16(15-22-23-18-10-6-3-7-11-18)12-13-19(20)26-21(24)17-8-4-2-5-9-17/h2-15,23H,1H3/b22-15+. The minimum absolute atomic E-state index is 0.356. The van der Waals surface area contributed by atoms with Crippen LogP contribution < -0.4 is 14.9 Å². The normalized spacial score (nSPS) is 10.5. The lowest BCUT2D eigenvalue weighted by atomic mass is 10.2. The first-order chi connectivity index (χ1) is 12.8. The van der Waals surface area contributed by atoms with E-state index in [0.717, 1.165) is 11.3 Å². The van der Waals surface area contributed by atoms with Crippen molar-refractivity contribution in [1.82, 2.24) is 0 Å². The molecule has 5 nitrogen and oxygen atoms in total. The number of esters is 1. The van der Waals surface area contributed by atoms with E-state index in [-0.39, 0.29) is 0 Å². The number of rotatable bonds is 6. The summed E-state index contributed by atoms with van der Waals surface area (Å²) in [5, 5.41) is 4.19. The van der Waals surface area contributed by atoms with Crippen LogP contribution in [0.15, 0.2) is 84.0 Å². The van der Waals surface area contributed by atoms with Gasteiger partial charge in [0.05, 0.1) is 24.6 Å². The van der Waals surface area contributed by atoms with Gasteiger partial charge in [0.1, 0.15) is 0 Å². The molecular formula is C21H18N2O3. The van der Waals surface area contributed by atoms with Crippen LogP contribution >= 0.6 is 0 Å². The second kappa shape index (κ2) is 8.48. The highest BCUT2D eigenvalue weighted by atomic mass is 16.6. The molecule has 26 heavy (non-hydrogen) atoms. The zero-order valence-corrected chi connectivity index (χ0v) is 14.3. The van der Waals surface area contributed by atoms with Crippen molar-refractivity contribution < 1.29 is 14.3 Å². The number of carbonyl (C=O) groups is 1. The fourth-order valence-electron chi connectivity index (χ4n) is 2.28. The van der Waals surface area contributed by atoms with Crippen LogP contribution in [0.5, 0.6) is 11.5 Å². The van der Waals surface area contributed by atoms with Crippen molar-refractivity contribution in [3.63, 3.8) is 0 Å². The Hall–Kier alpha value is -3.60. The number of hydrogen-bond donors (Lipinski definition) is 1. The van der Waals surface area contributed by atoms with Crippen LogP contribution in [0.25, 0.3) is 0 Å². The van der Waals surface area contributed by atoms with E-state index in [1.165, 1.54) is 7.11 Å². The Morgan fingerprint density at radius 2 is 1.62 bits per heavy atom. The third-order valence-corrected chi connectivity index (χ3v) is 3.58. The van der Waals surface area contributed by atoms with Crippen molar-refractivity contribution in [3.8, 4) is 11.5 Å². The second-order valence-corrected chi connectivity index (χ2v) is 5.40. The van der Waals surface area contributed by atoms with Crippen LogP contribution in [0.2, 0.25) is 0 Å². The van der Waals surface area contributed by atoms with Gasteiger partial charge in [-0.25, -0.2) is 4.79 Å². The van der Waals surface area contributed by atoms with Gasteiger partial charge in [0.2, 0.25) is 0 Å². The maximum atomic E-state index is 12.2. The molecule has 0 radical (unpaired) electrons. The number of carbonyl (C=O) groups excluding carboxylic acids is 1. The molecule has 0 fully saturated rings. The molecule has 3 aromatic rings. The summed E-state index contributed by atoms with van der Waals surface area (Å²) < 4.78 is 10.8. The first-order valence-corrected chi connectivity index (χ1v) is 8.05. The van der Waals surface area contributed by atoms with E-state index < -0.39 is 5.97 Å². The highest BCUT2D eigenvalue weighted by Gasteiger charge is 2.12. The molecule has 3 rings (SSSR count). The van der Waals surface area contributed by atoms with Crippen LogP contribution in [-0.4, -0.2) is 19.3 Å². The first-order valence-electron chi connectivity index (χ1n) is 8.05. The Morgan fingerprint density at radius 3 is 2.31 bits per heavy atom. The summed E-state index contributed by atoms with van der Waals surface area (Å²) in [6, 6.07) is 23.7. The van der Waals surface area contributed by atoms with E-state index >= 15 is 0 Å². The van der Waals surface area contributed by atoms with E-state index in [0.29, 0.717) is 17.1 Å². The maximum absolute atomic E-state index is 12.2. The third-order valence-electron chi connectivity index (χ3n) is 3.58. The topological polar surface area (TPSA) is 59.9 Å². The number of para-hydroxylation sites is 1. The zero-order valence-electron chi connectivity index (χ0n) is 14.3. The molecule has 1 N–H and O–H groups in total. The van der Waals surface area contributed by atoms with Gasteiger partial charge in [-0.1, -0.05) is 36.4 Å². The number of benzene rings is 3.